The fraction of sp³-hybridized carbons (Fsp3) is 0.276. The number of hydrogen-bond donors (Lipinski definition) is 0. The number of hydrogen-bond acceptors (Lipinski definition) is 8. The summed E-state index contributed by atoms with van der Waals surface area (Å²) in [4.78, 5) is 17.1. The minimum Gasteiger partial charge on any atom is -0.497 e. The summed E-state index contributed by atoms with van der Waals surface area (Å²) < 4.78 is 38.7. The first kappa shape index (κ1) is 27.4. The Morgan fingerprint density at radius 3 is 2.27 bits per heavy atom. The predicted molar refractivity (Wildman–Crippen MR) is 150 cm³/mol. The van der Waals surface area contributed by atoms with Gasteiger partial charge in [0.1, 0.15) is 11.5 Å². The number of aryl methyl sites for hydroxylation is 1. The van der Waals surface area contributed by atoms with Gasteiger partial charge in [-0.25, -0.2) is 8.42 Å². The van der Waals surface area contributed by atoms with E-state index in [1.165, 1.54) is 31.1 Å². The smallest absolute Gasteiger partial charge is 0.243 e. The first-order valence-electron chi connectivity index (χ1n) is 12.9. The minimum absolute atomic E-state index is 0.0595. The largest absolute Gasteiger partial charge is 0.497 e. The fourth-order valence-corrected chi connectivity index (χ4v) is 5.86. The van der Waals surface area contributed by atoms with E-state index in [0.29, 0.717) is 37.7 Å². The first-order chi connectivity index (χ1) is 19.3. The van der Waals surface area contributed by atoms with Crippen molar-refractivity contribution in [1.29, 1.82) is 0 Å². The highest BCUT2D eigenvalue weighted by Crippen LogP contribution is 2.23. The molecular formula is C29H31N5O5S. The first-order valence-corrected chi connectivity index (χ1v) is 14.4. The van der Waals surface area contributed by atoms with Crippen molar-refractivity contribution in [3.8, 4) is 17.0 Å². The minimum atomic E-state index is -3.98. The lowest BCUT2D eigenvalue weighted by atomic mass is 10.1. The molecule has 0 atom stereocenters. The van der Waals surface area contributed by atoms with E-state index in [0.717, 1.165) is 21.4 Å². The van der Waals surface area contributed by atoms with Gasteiger partial charge in [0.05, 0.1) is 37.1 Å². The second-order valence-electron chi connectivity index (χ2n) is 9.54. The molecule has 5 rings (SSSR count). The normalized spacial score (nSPS) is 14.0. The van der Waals surface area contributed by atoms with E-state index in [1.807, 2.05) is 43.3 Å². The predicted octanol–water partition coefficient (Wildman–Crippen LogP) is 3.59. The molecule has 1 amide bonds. The molecule has 4 aromatic rings. The van der Waals surface area contributed by atoms with Crippen molar-refractivity contribution in [3.63, 3.8) is 0 Å². The highest BCUT2D eigenvalue weighted by atomic mass is 32.2. The summed E-state index contributed by atoms with van der Waals surface area (Å²) in [5, 5.41) is 8.79. The van der Waals surface area contributed by atoms with E-state index in [2.05, 4.69) is 15.1 Å². The molecule has 3 heterocycles. The van der Waals surface area contributed by atoms with E-state index in [4.69, 9.17) is 9.15 Å². The van der Waals surface area contributed by atoms with Crippen LogP contribution in [0.2, 0.25) is 0 Å². The molecule has 208 valence electrons. The summed E-state index contributed by atoms with van der Waals surface area (Å²) in [5.41, 5.74) is 2.99. The topological polar surface area (TPSA) is 109 Å². The lowest BCUT2D eigenvalue weighted by molar-refractivity contribution is -0.131. The zero-order chi connectivity index (χ0) is 28.1. The van der Waals surface area contributed by atoms with Gasteiger partial charge in [0.2, 0.25) is 15.9 Å². The number of amides is 1. The van der Waals surface area contributed by atoms with Gasteiger partial charge >= 0.3 is 0 Å². The van der Waals surface area contributed by atoms with E-state index in [-0.39, 0.29) is 23.9 Å². The number of sulfonamides is 1. The molecule has 1 aliphatic rings. The third kappa shape index (κ3) is 6.16. The Hall–Kier alpha value is -4.22. The Kier molecular flexibility index (Phi) is 8.13. The summed E-state index contributed by atoms with van der Waals surface area (Å²) in [6, 6.07) is 21.5. The summed E-state index contributed by atoms with van der Waals surface area (Å²) in [6.45, 7) is 3.69. The molecule has 40 heavy (non-hydrogen) atoms. The highest BCUT2D eigenvalue weighted by molar-refractivity contribution is 7.89. The van der Waals surface area contributed by atoms with Crippen molar-refractivity contribution in [1.82, 2.24) is 19.4 Å². The molecule has 0 saturated carbocycles. The second kappa shape index (κ2) is 11.9. The number of aromatic nitrogens is 2. The standard InChI is InChI=1S/C29H31N5O5S/c1-22-5-7-23(8-6-22)27-13-14-28(31-30-27)32-15-17-33(18-16-32)29(35)21-34(20-25-4-3-19-39-25)40(36,37)26-11-9-24(38-2)10-12-26/h3-14,19H,15-18,20-21H2,1-2H3. The average molecular weight is 562 g/mol. The van der Waals surface area contributed by atoms with Crippen LogP contribution in [-0.2, 0) is 21.4 Å². The van der Waals surface area contributed by atoms with Gasteiger partial charge in [-0.15, -0.1) is 10.2 Å². The van der Waals surface area contributed by atoms with Crippen LogP contribution in [0.25, 0.3) is 11.3 Å². The number of methoxy groups -OCH3 is 1. The lowest BCUT2D eigenvalue weighted by Crippen LogP contribution is -2.52. The molecule has 0 radical (unpaired) electrons. The van der Waals surface area contributed by atoms with Crippen LogP contribution in [0.15, 0.2) is 88.4 Å². The van der Waals surface area contributed by atoms with Gasteiger partial charge < -0.3 is 19.0 Å². The van der Waals surface area contributed by atoms with Crippen LogP contribution in [0, 0.1) is 6.92 Å². The maximum absolute atomic E-state index is 13.5. The molecule has 10 nitrogen and oxygen atoms in total. The van der Waals surface area contributed by atoms with Crippen LogP contribution in [0.5, 0.6) is 5.75 Å². The summed E-state index contributed by atoms with van der Waals surface area (Å²) >= 11 is 0. The summed E-state index contributed by atoms with van der Waals surface area (Å²) in [5.74, 6) is 1.45. The van der Waals surface area contributed by atoms with Crippen molar-refractivity contribution < 1.29 is 22.4 Å². The van der Waals surface area contributed by atoms with E-state index < -0.39 is 10.0 Å². The summed E-state index contributed by atoms with van der Waals surface area (Å²) in [6.07, 6.45) is 1.48. The Bertz CT molecular complexity index is 1520. The van der Waals surface area contributed by atoms with Gasteiger partial charge in [0.15, 0.2) is 5.82 Å². The third-order valence-corrected chi connectivity index (χ3v) is 8.68. The maximum Gasteiger partial charge on any atom is 0.243 e. The van der Waals surface area contributed by atoms with Crippen molar-refractivity contribution in [2.45, 2.75) is 18.4 Å². The van der Waals surface area contributed by atoms with Crippen molar-refractivity contribution in [3.05, 3.63) is 90.4 Å². The number of furan rings is 1. The van der Waals surface area contributed by atoms with Gasteiger partial charge in [-0.05, 0) is 55.5 Å². The van der Waals surface area contributed by atoms with Gasteiger partial charge in [0.25, 0.3) is 0 Å². The zero-order valence-electron chi connectivity index (χ0n) is 22.4. The highest BCUT2D eigenvalue weighted by Gasteiger charge is 2.31. The second-order valence-corrected chi connectivity index (χ2v) is 11.5. The molecule has 2 aromatic carbocycles. The quantitative estimate of drug-likeness (QED) is 0.305. The van der Waals surface area contributed by atoms with Crippen LogP contribution < -0.4 is 9.64 Å². The number of carbonyl (C=O) groups is 1. The number of ether oxygens (including phenoxy) is 1. The van der Waals surface area contributed by atoms with E-state index >= 15 is 0 Å². The number of anilines is 1. The molecule has 0 bridgehead atoms. The molecule has 1 fully saturated rings. The van der Waals surface area contributed by atoms with Crippen molar-refractivity contribution in [2.75, 3.05) is 44.7 Å². The number of benzene rings is 2. The summed E-state index contributed by atoms with van der Waals surface area (Å²) in [7, 11) is -2.47. The van der Waals surface area contributed by atoms with Gasteiger partial charge in [-0.1, -0.05) is 29.8 Å². The lowest BCUT2D eigenvalue weighted by Gasteiger charge is -2.36. The van der Waals surface area contributed by atoms with Crippen molar-refractivity contribution in [2.24, 2.45) is 0 Å². The number of carbonyl (C=O) groups excluding carboxylic acids is 1. The maximum atomic E-state index is 13.5. The van der Waals surface area contributed by atoms with E-state index in [1.54, 1.807) is 29.2 Å². The molecule has 1 saturated heterocycles. The Morgan fingerprint density at radius 1 is 0.950 bits per heavy atom. The SMILES string of the molecule is COc1ccc(S(=O)(=O)N(CC(=O)N2CCN(c3ccc(-c4ccc(C)cc4)nn3)CC2)Cc2ccco2)cc1. The molecule has 1 aliphatic heterocycles. The number of rotatable bonds is 9. The Labute approximate surface area is 233 Å². The molecular weight excluding hydrogens is 530 g/mol. The Morgan fingerprint density at radius 2 is 1.68 bits per heavy atom. The van der Waals surface area contributed by atoms with Crippen LogP contribution in [0.4, 0.5) is 5.82 Å². The molecule has 0 N–H and O–H groups in total. The van der Waals surface area contributed by atoms with Crippen LogP contribution in [0.1, 0.15) is 11.3 Å². The fourth-order valence-electron chi connectivity index (χ4n) is 4.51. The molecule has 0 spiro atoms. The zero-order valence-corrected chi connectivity index (χ0v) is 23.3. The average Bonchev–Trinajstić information content (AvgIpc) is 3.51. The van der Waals surface area contributed by atoms with Crippen LogP contribution in [0.3, 0.4) is 0 Å². The molecule has 11 heteroatoms. The van der Waals surface area contributed by atoms with E-state index in [9.17, 15) is 13.2 Å². The van der Waals surface area contributed by atoms with Gasteiger partial charge in [-0.2, -0.15) is 4.31 Å². The van der Waals surface area contributed by atoms with Gasteiger partial charge in [-0.3, -0.25) is 4.79 Å². The van der Waals surface area contributed by atoms with Crippen molar-refractivity contribution >= 4 is 21.7 Å². The third-order valence-electron chi connectivity index (χ3n) is 6.88. The van der Waals surface area contributed by atoms with Crippen LogP contribution in [-0.4, -0.2) is 73.6 Å². The molecule has 0 aliphatic carbocycles. The molecule has 2 aromatic heterocycles. The molecule has 0 unspecified atom stereocenters. The van der Waals surface area contributed by atoms with Crippen LogP contribution >= 0.6 is 0 Å². The Balaban J connectivity index is 1.24. The monoisotopic (exact) mass is 561 g/mol. The van der Waals surface area contributed by atoms with Gasteiger partial charge in [0, 0.05) is 31.7 Å². The number of piperazine rings is 1. The number of nitrogens with zero attached hydrogens (tertiary/aromatic N) is 5.